The lowest BCUT2D eigenvalue weighted by atomic mass is 10.2. The summed E-state index contributed by atoms with van der Waals surface area (Å²) in [5, 5.41) is 2.84. The number of halogens is 2. The van der Waals surface area contributed by atoms with Gasteiger partial charge in [0.1, 0.15) is 0 Å². The third-order valence-electron chi connectivity index (χ3n) is 2.35. The number of hydrogen-bond acceptors (Lipinski definition) is 2. The normalized spacial score (nSPS) is 10.1. The Hall–Kier alpha value is -1.08. The van der Waals surface area contributed by atoms with E-state index >= 15 is 0 Å². The maximum atomic E-state index is 12.0. The molecule has 0 aliphatic carbocycles. The van der Waals surface area contributed by atoms with Gasteiger partial charge >= 0.3 is 0 Å². The largest absolute Gasteiger partial charge is 0.399 e. The van der Waals surface area contributed by atoms with Crippen LogP contribution in [-0.4, -0.2) is 5.91 Å². The summed E-state index contributed by atoms with van der Waals surface area (Å²) in [6.45, 7) is 0. The van der Waals surface area contributed by atoms with Gasteiger partial charge in [-0.1, -0.05) is 0 Å². The molecule has 1 amide bonds. The number of carbonyl (C=O) groups excluding carboxylic acids is 1. The lowest BCUT2D eigenvalue weighted by Gasteiger charge is -2.06. The Balaban J connectivity index is 2.16. The third kappa shape index (κ3) is 3.23. The minimum atomic E-state index is -0.145. The third-order valence-corrected chi connectivity index (χ3v) is 4.68. The lowest BCUT2D eigenvalue weighted by molar-refractivity contribution is 0.102. The second-order valence-electron chi connectivity index (χ2n) is 3.71. The Kier molecular flexibility index (Phi) is 4.23. The Labute approximate surface area is 127 Å². The fourth-order valence-corrected chi connectivity index (χ4v) is 2.17. The first kappa shape index (κ1) is 13.4. The number of nitrogens with one attached hydrogen (secondary N) is 1. The van der Waals surface area contributed by atoms with Gasteiger partial charge in [0.05, 0.1) is 0 Å². The molecule has 0 spiro atoms. The van der Waals surface area contributed by atoms with Gasteiger partial charge in [-0.15, -0.1) is 0 Å². The number of hydrogen-bond donors (Lipinski definition) is 2. The molecule has 0 radical (unpaired) electrons. The maximum Gasteiger partial charge on any atom is 0.255 e. The molecule has 2 aromatic rings. The highest BCUT2D eigenvalue weighted by molar-refractivity contribution is 14.1. The monoisotopic (exact) mass is 416 g/mol. The van der Waals surface area contributed by atoms with E-state index in [1.165, 1.54) is 0 Å². The quantitative estimate of drug-likeness (QED) is 0.576. The number of nitrogens with two attached hydrogens (primary N) is 1. The fraction of sp³-hybridized carbons (Fsp3) is 0. The van der Waals surface area contributed by atoms with Crippen molar-refractivity contribution in [2.45, 2.75) is 0 Å². The molecule has 0 fully saturated rings. The number of carbonyl (C=O) groups is 1. The van der Waals surface area contributed by atoms with Gasteiger partial charge in [-0.3, -0.25) is 4.79 Å². The minimum absolute atomic E-state index is 0.145. The van der Waals surface area contributed by atoms with E-state index < -0.39 is 0 Å². The molecule has 18 heavy (non-hydrogen) atoms. The molecule has 0 bridgehead atoms. The van der Waals surface area contributed by atoms with E-state index in [9.17, 15) is 4.79 Å². The summed E-state index contributed by atoms with van der Waals surface area (Å²) in [6, 6.07) is 12.5. The summed E-state index contributed by atoms with van der Waals surface area (Å²) in [5.74, 6) is -0.145. The van der Waals surface area contributed by atoms with Crippen molar-refractivity contribution in [1.82, 2.24) is 0 Å². The van der Waals surface area contributed by atoms with Gasteiger partial charge in [-0.25, -0.2) is 0 Å². The van der Waals surface area contributed by atoms with Crippen LogP contribution in [0.2, 0.25) is 0 Å². The number of rotatable bonds is 2. The molecule has 92 valence electrons. The van der Waals surface area contributed by atoms with Crippen molar-refractivity contribution in [3.63, 3.8) is 0 Å². The van der Waals surface area contributed by atoms with Crippen molar-refractivity contribution >= 4 is 55.8 Å². The van der Waals surface area contributed by atoms with Crippen LogP contribution in [0.1, 0.15) is 10.4 Å². The Morgan fingerprint density at radius 2 is 1.83 bits per heavy atom. The van der Waals surface area contributed by atoms with Gasteiger partial charge in [-0.05, 0) is 81.0 Å². The molecule has 0 aliphatic heterocycles. The van der Waals surface area contributed by atoms with Crippen molar-refractivity contribution < 1.29 is 4.79 Å². The molecule has 0 saturated heterocycles. The summed E-state index contributed by atoms with van der Waals surface area (Å²) in [5.41, 5.74) is 7.57. The molecular weight excluding hydrogens is 407 g/mol. The van der Waals surface area contributed by atoms with E-state index in [-0.39, 0.29) is 5.91 Å². The first-order valence-electron chi connectivity index (χ1n) is 5.18. The maximum absolute atomic E-state index is 12.0. The van der Waals surface area contributed by atoms with Crippen molar-refractivity contribution in [2.24, 2.45) is 0 Å². The topological polar surface area (TPSA) is 55.1 Å². The van der Waals surface area contributed by atoms with Gasteiger partial charge in [-0.2, -0.15) is 0 Å². The summed E-state index contributed by atoms with van der Waals surface area (Å²) < 4.78 is 2.05. The minimum Gasteiger partial charge on any atom is -0.399 e. The van der Waals surface area contributed by atoms with Gasteiger partial charge in [0.2, 0.25) is 0 Å². The highest BCUT2D eigenvalue weighted by Gasteiger charge is 2.06. The molecule has 0 atom stereocenters. The summed E-state index contributed by atoms with van der Waals surface area (Å²) >= 11 is 5.62. The summed E-state index contributed by atoms with van der Waals surface area (Å²) in [4.78, 5) is 12.0. The van der Waals surface area contributed by atoms with E-state index in [4.69, 9.17) is 5.73 Å². The predicted molar refractivity (Wildman–Crippen MR) is 85.7 cm³/mol. The van der Waals surface area contributed by atoms with Crippen LogP contribution in [0.15, 0.2) is 46.9 Å². The van der Waals surface area contributed by atoms with Crippen LogP contribution >= 0.6 is 38.5 Å². The van der Waals surface area contributed by atoms with Crippen LogP contribution in [0.3, 0.4) is 0 Å². The Morgan fingerprint density at radius 3 is 2.44 bits per heavy atom. The first-order valence-corrected chi connectivity index (χ1v) is 7.05. The lowest BCUT2D eigenvalue weighted by Crippen LogP contribution is -2.11. The summed E-state index contributed by atoms with van der Waals surface area (Å²) in [7, 11) is 0. The predicted octanol–water partition coefficient (Wildman–Crippen LogP) is 3.89. The average molecular weight is 417 g/mol. The van der Waals surface area contributed by atoms with E-state index in [1.54, 1.807) is 24.3 Å². The smallest absolute Gasteiger partial charge is 0.255 e. The number of benzene rings is 2. The SMILES string of the molecule is Nc1ccc(C(=O)Nc2ccc(Br)c(I)c2)cc1. The number of amides is 1. The van der Waals surface area contributed by atoms with E-state index in [0.717, 1.165) is 13.7 Å². The first-order chi connectivity index (χ1) is 8.56. The molecule has 0 heterocycles. The van der Waals surface area contributed by atoms with Crippen molar-refractivity contribution in [3.05, 3.63) is 56.1 Å². The molecule has 3 nitrogen and oxygen atoms in total. The van der Waals surface area contributed by atoms with Crippen LogP contribution in [0.5, 0.6) is 0 Å². The zero-order chi connectivity index (χ0) is 13.1. The van der Waals surface area contributed by atoms with E-state index in [0.29, 0.717) is 11.3 Å². The zero-order valence-electron chi connectivity index (χ0n) is 9.28. The van der Waals surface area contributed by atoms with Gasteiger partial charge < -0.3 is 11.1 Å². The average Bonchev–Trinajstić information content (AvgIpc) is 2.34. The van der Waals surface area contributed by atoms with Gasteiger partial charge in [0.25, 0.3) is 5.91 Å². The Bertz CT molecular complexity index is 584. The van der Waals surface area contributed by atoms with Crippen LogP contribution in [-0.2, 0) is 0 Å². The van der Waals surface area contributed by atoms with Crippen LogP contribution in [0.25, 0.3) is 0 Å². The van der Waals surface area contributed by atoms with Crippen molar-refractivity contribution in [3.8, 4) is 0 Å². The van der Waals surface area contributed by atoms with Gasteiger partial charge in [0.15, 0.2) is 0 Å². The molecule has 0 aromatic heterocycles. The van der Waals surface area contributed by atoms with Gasteiger partial charge in [0, 0.05) is 25.0 Å². The van der Waals surface area contributed by atoms with E-state index in [1.807, 2.05) is 18.2 Å². The Morgan fingerprint density at radius 1 is 1.17 bits per heavy atom. The number of nitrogen functional groups attached to an aromatic ring is 1. The molecule has 2 aromatic carbocycles. The molecule has 3 N–H and O–H groups in total. The molecule has 5 heteroatoms. The summed E-state index contributed by atoms with van der Waals surface area (Å²) in [6.07, 6.45) is 0. The second kappa shape index (κ2) is 5.71. The zero-order valence-corrected chi connectivity index (χ0v) is 13.0. The standard InChI is InChI=1S/C13H10BrIN2O/c14-11-6-5-10(7-12(11)15)17-13(18)8-1-3-9(16)4-2-8/h1-7H,16H2,(H,17,18). The van der Waals surface area contributed by atoms with Crippen LogP contribution in [0, 0.1) is 3.57 Å². The van der Waals surface area contributed by atoms with Crippen LogP contribution in [0.4, 0.5) is 11.4 Å². The molecule has 0 unspecified atom stereocenters. The number of anilines is 2. The highest BCUT2D eigenvalue weighted by atomic mass is 127. The molecule has 0 aliphatic rings. The highest BCUT2D eigenvalue weighted by Crippen LogP contribution is 2.23. The van der Waals surface area contributed by atoms with E-state index in [2.05, 4.69) is 43.8 Å². The molecule has 0 saturated carbocycles. The van der Waals surface area contributed by atoms with Crippen molar-refractivity contribution in [2.75, 3.05) is 11.1 Å². The molecular formula is C13H10BrIN2O. The second-order valence-corrected chi connectivity index (χ2v) is 5.72. The fourth-order valence-electron chi connectivity index (χ4n) is 1.41. The van der Waals surface area contributed by atoms with Crippen molar-refractivity contribution in [1.29, 1.82) is 0 Å². The molecule has 2 rings (SSSR count). The van der Waals surface area contributed by atoms with Crippen LogP contribution < -0.4 is 11.1 Å².